The standard InChI is InChI=1S/C13H18O/c1-4-12(10-14-3)9-13-7-5-6-11(2)8-13/h4-8,12H,1,9-10H2,2-3H3. The molecule has 1 heteroatoms. The van der Waals surface area contributed by atoms with E-state index in [1.807, 2.05) is 6.08 Å². The molecule has 1 rings (SSSR count). The molecule has 1 aromatic carbocycles. The van der Waals surface area contributed by atoms with Crippen LogP contribution in [0, 0.1) is 12.8 Å². The van der Waals surface area contributed by atoms with Crippen LogP contribution in [0.4, 0.5) is 0 Å². The lowest BCUT2D eigenvalue weighted by Gasteiger charge is -2.11. The van der Waals surface area contributed by atoms with Gasteiger partial charge in [-0.1, -0.05) is 35.9 Å². The van der Waals surface area contributed by atoms with Gasteiger partial charge in [-0.05, 0) is 18.9 Å². The quantitative estimate of drug-likeness (QED) is 0.649. The van der Waals surface area contributed by atoms with Gasteiger partial charge in [-0.15, -0.1) is 6.58 Å². The second kappa shape index (κ2) is 5.61. The first kappa shape index (κ1) is 11.0. The second-order valence-corrected chi connectivity index (χ2v) is 3.64. The molecule has 1 atom stereocenters. The molecule has 0 aromatic heterocycles. The predicted octanol–water partition coefficient (Wildman–Crippen LogP) is 2.99. The summed E-state index contributed by atoms with van der Waals surface area (Å²) in [7, 11) is 1.73. The van der Waals surface area contributed by atoms with Crippen molar-refractivity contribution in [1.82, 2.24) is 0 Å². The van der Waals surface area contributed by atoms with E-state index in [-0.39, 0.29) is 0 Å². The minimum atomic E-state index is 0.418. The SMILES string of the molecule is C=CC(COC)Cc1cccc(C)c1. The van der Waals surface area contributed by atoms with Crippen LogP contribution in [0.25, 0.3) is 0 Å². The van der Waals surface area contributed by atoms with Crippen molar-refractivity contribution >= 4 is 0 Å². The van der Waals surface area contributed by atoms with Crippen molar-refractivity contribution in [3.63, 3.8) is 0 Å². The van der Waals surface area contributed by atoms with Gasteiger partial charge in [0.05, 0.1) is 6.61 Å². The number of benzene rings is 1. The van der Waals surface area contributed by atoms with E-state index in [4.69, 9.17) is 4.74 Å². The first-order valence-electron chi connectivity index (χ1n) is 4.93. The molecule has 1 unspecified atom stereocenters. The van der Waals surface area contributed by atoms with E-state index in [2.05, 4.69) is 37.8 Å². The Balaban J connectivity index is 2.62. The highest BCUT2D eigenvalue weighted by molar-refractivity contribution is 5.23. The summed E-state index contributed by atoms with van der Waals surface area (Å²) in [4.78, 5) is 0. The molecule has 0 spiro atoms. The fourth-order valence-corrected chi connectivity index (χ4v) is 1.57. The molecule has 0 N–H and O–H groups in total. The van der Waals surface area contributed by atoms with Gasteiger partial charge in [0.1, 0.15) is 0 Å². The average molecular weight is 190 g/mol. The van der Waals surface area contributed by atoms with E-state index in [1.54, 1.807) is 7.11 Å². The second-order valence-electron chi connectivity index (χ2n) is 3.64. The van der Waals surface area contributed by atoms with Crippen LogP contribution >= 0.6 is 0 Å². The third-order valence-electron chi connectivity index (χ3n) is 2.29. The molecule has 0 radical (unpaired) electrons. The van der Waals surface area contributed by atoms with Crippen molar-refractivity contribution < 1.29 is 4.74 Å². The zero-order valence-electron chi connectivity index (χ0n) is 8.99. The number of methoxy groups -OCH3 is 1. The van der Waals surface area contributed by atoms with E-state index in [9.17, 15) is 0 Å². The maximum absolute atomic E-state index is 5.13. The average Bonchev–Trinajstić information content (AvgIpc) is 2.17. The van der Waals surface area contributed by atoms with E-state index in [1.165, 1.54) is 11.1 Å². The monoisotopic (exact) mass is 190 g/mol. The topological polar surface area (TPSA) is 9.23 Å². The Kier molecular flexibility index (Phi) is 4.41. The van der Waals surface area contributed by atoms with Crippen LogP contribution in [0.2, 0.25) is 0 Å². The van der Waals surface area contributed by atoms with Gasteiger partial charge in [0.15, 0.2) is 0 Å². The maximum Gasteiger partial charge on any atom is 0.0528 e. The minimum Gasteiger partial charge on any atom is -0.384 e. The largest absolute Gasteiger partial charge is 0.384 e. The third-order valence-corrected chi connectivity index (χ3v) is 2.29. The lowest BCUT2D eigenvalue weighted by Crippen LogP contribution is -2.08. The minimum absolute atomic E-state index is 0.418. The molecule has 76 valence electrons. The zero-order chi connectivity index (χ0) is 10.4. The summed E-state index contributed by atoms with van der Waals surface area (Å²) < 4.78 is 5.13. The van der Waals surface area contributed by atoms with Crippen molar-refractivity contribution in [1.29, 1.82) is 0 Å². The highest BCUT2D eigenvalue weighted by Gasteiger charge is 2.04. The van der Waals surface area contributed by atoms with Crippen LogP contribution in [0.3, 0.4) is 0 Å². The lowest BCUT2D eigenvalue weighted by atomic mass is 9.99. The number of hydrogen-bond acceptors (Lipinski definition) is 1. The van der Waals surface area contributed by atoms with Crippen LogP contribution in [0.5, 0.6) is 0 Å². The Morgan fingerprint density at radius 3 is 2.86 bits per heavy atom. The molecule has 0 amide bonds. The Labute approximate surface area is 86.4 Å². The smallest absolute Gasteiger partial charge is 0.0528 e. The Bertz CT molecular complexity index is 291. The molecule has 0 fully saturated rings. The molecule has 14 heavy (non-hydrogen) atoms. The van der Waals surface area contributed by atoms with Crippen LogP contribution in [-0.4, -0.2) is 13.7 Å². The molecular formula is C13H18O. The summed E-state index contributed by atoms with van der Waals surface area (Å²) in [6.07, 6.45) is 2.98. The van der Waals surface area contributed by atoms with Gasteiger partial charge in [0.25, 0.3) is 0 Å². The van der Waals surface area contributed by atoms with Crippen LogP contribution in [0.15, 0.2) is 36.9 Å². The first-order valence-corrected chi connectivity index (χ1v) is 4.93. The van der Waals surface area contributed by atoms with Crippen molar-refractivity contribution in [3.8, 4) is 0 Å². The first-order chi connectivity index (χ1) is 6.76. The van der Waals surface area contributed by atoms with Crippen molar-refractivity contribution in [2.45, 2.75) is 13.3 Å². The van der Waals surface area contributed by atoms with E-state index >= 15 is 0 Å². The summed E-state index contributed by atoms with van der Waals surface area (Å²) in [5, 5.41) is 0. The van der Waals surface area contributed by atoms with Crippen LogP contribution in [-0.2, 0) is 11.2 Å². The summed E-state index contributed by atoms with van der Waals surface area (Å²) in [6, 6.07) is 8.58. The predicted molar refractivity (Wildman–Crippen MR) is 60.4 cm³/mol. The van der Waals surface area contributed by atoms with E-state index in [0.717, 1.165) is 13.0 Å². The van der Waals surface area contributed by atoms with E-state index in [0.29, 0.717) is 5.92 Å². The summed E-state index contributed by atoms with van der Waals surface area (Å²) in [5.74, 6) is 0.418. The number of rotatable bonds is 5. The molecule has 0 aliphatic heterocycles. The molecule has 0 bridgehead atoms. The molecule has 0 aliphatic carbocycles. The normalized spacial score (nSPS) is 12.4. The molecule has 0 saturated carbocycles. The van der Waals surface area contributed by atoms with Crippen LogP contribution < -0.4 is 0 Å². The molecular weight excluding hydrogens is 172 g/mol. The number of hydrogen-bond donors (Lipinski definition) is 0. The molecule has 0 aliphatic rings. The summed E-state index contributed by atoms with van der Waals surface area (Å²) in [5.41, 5.74) is 2.66. The fraction of sp³-hybridized carbons (Fsp3) is 0.385. The molecule has 0 heterocycles. The third kappa shape index (κ3) is 3.35. The van der Waals surface area contributed by atoms with Gasteiger partial charge in [-0.2, -0.15) is 0 Å². The summed E-state index contributed by atoms with van der Waals surface area (Å²) >= 11 is 0. The zero-order valence-corrected chi connectivity index (χ0v) is 8.99. The van der Waals surface area contributed by atoms with Gasteiger partial charge >= 0.3 is 0 Å². The number of ether oxygens (including phenoxy) is 1. The van der Waals surface area contributed by atoms with Gasteiger partial charge in [0, 0.05) is 13.0 Å². The maximum atomic E-state index is 5.13. The molecule has 1 aromatic rings. The van der Waals surface area contributed by atoms with Gasteiger partial charge in [0.2, 0.25) is 0 Å². The summed E-state index contributed by atoms with van der Waals surface area (Å²) in [6.45, 7) is 6.68. The Morgan fingerprint density at radius 2 is 2.29 bits per heavy atom. The van der Waals surface area contributed by atoms with Crippen molar-refractivity contribution in [2.24, 2.45) is 5.92 Å². The van der Waals surface area contributed by atoms with Gasteiger partial charge in [-0.3, -0.25) is 0 Å². The fourth-order valence-electron chi connectivity index (χ4n) is 1.57. The highest BCUT2D eigenvalue weighted by atomic mass is 16.5. The Morgan fingerprint density at radius 1 is 1.50 bits per heavy atom. The Hall–Kier alpha value is -1.08. The molecule has 0 saturated heterocycles. The van der Waals surface area contributed by atoms with E-state index < -0.39 is 0 Å². The van der Waals surface area contributed by atoms with Crippen molar-refractivity contribution in [2.75, 3.05) is 13.7 Å². The van der Waals surface area contributed by atoms with Crippen molar-refractivity contribution in [3.05, 3.63) is 48.0 Å². The van der Waals surface area contributed by atoms with Crippen LogP contribution in [0.1, 0.15) is 11.1 Å². The number of aryl methyl sites for hydroxylation is 1. The molecule has 1 nitrogen and oxygen atoms in total. The van der Waals surface area contributed by atoms with Gasteiger partial charge in [-0.25, -0.2) is 0 Å². The van der Waals surface area contributed by atoms with Gasteiger partial charge < -0.3 is 4.74 Å². The lowest BCUT2D eigenvalue weighted by molar-refractivity contribution is 0.170. The highest BCUT2D eigenvalue weighted by Crippen LogP contribution is 2.11.